The largest absolute Gasteiger partial charge is 0.399 e. The average molecular weight is 280 g/mol. The Bertz CT molecular complexity index is 585. The van der Waals surface area contributed by atoms with Crippen molar-refractivity contribution in [3.63, 3.8) is 0 Å². The molecule has 0 aliphatic heterocycles. The summed E-state index contributed by atoms with van der Waals surface area (Å²) in [6.45, 7) is 0.438. The predicted octanol–water partition coefficient (Wildman–Crippen LogP) is 4.00. The highest BCUT2D eigenvalue weighted by Crippen LogP contribution is 2.28. The van der Waals surface area contributed by atoms with Gasteiger partial charge >= 0.3 is 0 Å². The SMILES string of the molecule is Nc1ccc(NCCc2cccc(F)c2)c(C(F)F)c1. The summed E-state index contributed by atoms with van der Waals surface area (Å²) in [7, 11) is 0. The van der Waals surface area contributed by atoms with Crippen molar-refractivity contribution >= 4 is 11.4 Å². The number of halogens is 3. The van der Waals surface area contributed by atoms with Crippen molar-refractivity contribution in [3.8, 4) is 0 Å². The number of alkyl halides is 2. The van der Waals surface area contributed by atoms with Crippen LogP contribution in [-0.2, 0) is 6.42 Å². The van der Waals surface area contributed by atoms with Crippen molar-refractivity contribution < 1.29 is 13.2 Å². The number of hydrogen-bond donors (Lipinski definition) is 2. The van der Waals surface area contributed by atoms with Crippen LogP contribution in [0.4, 0.5) is 24.5 Å². The number of anilines is 2. The van der Waals surface area contributed by atoms with Crippen LogP contribution in [0, 0.1) is 5.82 Å². The fourth-order valence-electron chi connectivity index (χ4n) is 1.96. The quantitative estimate of drug-likeness (QED) is 0.812. The molecule has 0 spiro atoms. The number of nitrogens with two attached hydrogens (primary N) is 1. The number of nitrogens with one attached hydrogen (secondary N) is 1. The molecule has 0 unspecified atom stereocenters. The number of nitrogen functional groups attached to an aromatic ring is 1. The van der Waals surface area contributed by atoms with E-state index >= 15 is 0 Å². The molecule has 0 heterocycles. The monoisotopic (exact) mass is 280 g/mol. The highest BCUT2D eigenvalue weighted by molar-refractivity contribution is 5.58. The van der Waals surface area contributed by atoms with Gasteiger partial charge in [0.2, 0.25) is 0 Å². The highest BCUT2D eigenvalue weighted by Gasteiger charge is 2.12. The second kappa shape index (κ2) is 6.32. The van der Waals surface area contributed by atoms with Gasteiger partial charge in [0.1, 0.15) is 5.82 Å². The predicted molar refractivity (Wildman–Crippen MR) is 74.4 cm³/mol. The van der Waals surface area contributed by atoms with E-state index in [9.17, 15) is 13.2 Å². The normalized spacial score (nSPS) is 10.8. The Kier molecular flexibility index (Phi) is 4.50. The molecule has 0 aliphatic rings. The van der Waals surface area contributed by atoms with Crippen molar-refractivity contribution in [2.45, 2.75) is 12.8 Å². The molecule has 106 valence electrons. The van der Waals surface area contributed by atoms with Crippen LogP contribution in [0.3, 0.4) is 0 Å². The molecule has 0 amide bonds. The van der Waals surface area contributed by atoms with E-state index in [-0.39, 0.29) is 11.4 Å². The molecule has 2 nitrogen and oxygen atoms in total. The molecule has 20 heavy (non-hydrogen) atoms. The zero-order valence-corrected chi connectivity index (χ0v) is 10.7. The number of benzene rings is 2. The maximum Gasteiger partial charge on any atom is 0.265 e. The van der Waals surface area contributed by atoms with Crippen molar-refractivity contribution in [2.75, 3.05) is 17.6 Å². The third-order valence-corrected chi connectivity index (χ3v) is 2.93. The molecule has 0 atom stereocenters. The molecular weight excluding hydrogens is 265 g/mol. The van der Waals surface area contributed by atoms with Gasteiger partial charge in [-0.1, -0.05) is 12.1 Å². The van der Waals surface area contributed by atoms with Gasteiger partial charge in [-0.25, -0.2) is 13.2 Å². The van der Waals surface area contributed by atoms with Gasteiger partial charge in [0.05, 0.1) is 0 Å². The van der Waals surface area contributed by atoms with Crippen LogP contribution in [0.15, 0.2) is 42.5 Å². The van der Waals surface area contributed by atoms with Gasteiger partial charge in [0.15, 0.2) is 0 Å². The van der Waals surface area contributed by atoms with Gasteiger partial charge < -0.3 is 11.1 Å². The molecule has 2 aromatic rings. The fraction of sp³-hybridized carbons (Fsp3) is 0.200. The first-order chi connectivity index (χ1) is 9.56. The summed E-state index contributed by atoms with van der Waals surface area (Å²) in [5.41, 5.74) is 6.84. The van der Waals surface area contributed by atoms with Crippen LogP contribution in [0.1, 0.15) is 17.6 Å². The van der Waals surface area contributed by atoms with E-state index in [2.05, 4.69) is 5.32 Å². The maximum absolute atomic E-state index is 13.0. The summed E-state index contributed by atoms with van der Waals surface area (Å²) in [6, 6.07) is 10.6. The maximum atomic E-state index is 13.0. The Hall–Kier alpha value is -2.17. The lowest BCUT2D eigenvalue weighted by Gasteiger charge is -2.12. The lowest BCUT2D eigenvalue weighted by atomic mass is 10.1. The Labute approximate surface area is 115 Å². The fourth-order valence-corrected chi connectivity index (χ4v) is 1.96. The minimum Gasteiger partial charge on any atom is -0.399 e. The van der Waals surface area contributed by atoms with E-state index in [4.69, 9.17) is 5.73 Å². The number of hydrogen-bond acceptors (Lipinski definition) is 2. The van der Waals surface area contributed by atoms with Gasteiger partial charge in [-0.3, -0.25) is 0 Å². The van der Waals surface area contributed by atoms with Crippen LogP contribution in [0.5, 0.6) is 0 Å². The Balaban J connectivity index is 2.01. The minimum absolute atomic E-state index is 0.121. The second-order valence-corrected chi connectivity index (χ2v) is 4.45. The molecule has 0 aliphatic carbocycles. The molecule has 2 rings (SSSR count). The highest BCUT2D eigenvalue weighted by atomic mass is 19.3. The molecule has 5 heteroatoms. The molecule has 0 fully saturated rings. The van der Waals surface area contributed by atoms with E-state index in [0.717, 1.165) is 5.56 Å². The van der Waals surface area contributed by atoms with E-state index in [1.165, 1.54) is 24.3 Å². The molecule has 0 bridgehead atoms. The summed E-state index contributed by atoms with van der Waals surface area (Å²) in [5, 5.41) is 2.93. The first-order valence-electron chi connectivity index (χ1n) is 6.22. The summed E-state index contributed by atoms with van der Waals surface area (Å²) in [5.74, 6) is -0.303. The van der Waals surface area contributed by atoms with Crippen molar-refractivity contribution in [1.82, 2.24) is 0 Å². The molecule has 3 N–H and O–H groups in total. The van der Waals surface area contributed by atoms with Gasteiger partial charge in [0, 0.05) is 23.5 Å². The number of rotatable bonds is 5. The zero-order valence-electron chi connectivity index (χ0n) is 10.7. The van der Waals surface area contributed by atoms with Gasteiger partial charge in [-0.05, 0) is 42.3 Å². The van der Waals surface area contributed by atoms with Gasteiger partial charge in [0.25, 0.3) is 6.43 Å². The summed E-state index contributed by atoms with van der Waals surface area (Å²) >= 11 is 0. The van der Waals surface area contributed by atoms with Crippen LogP contribution < -0.4 is 11.1 Å². The second-order valence-electron chi connectivity index (χ2n) is 4.45. The van der Waals surface area contributed by atoms with Gasteiger partial charge in [-0.15, -0.1) is 0 Å². The smallest absolute Gasteiger partial charge is 0.265 e. The lowest BCUT2D eigenvalue weighted by Crippen LogP contribution is -2.07. The van der Waals surface area contributed by atoms with Crippen molar-refractivity contribution in [3.05, 3.63) is 59.4 Å². The van der Waals surface area contributed by atoms with Crippen molar-refractivity contribution in [1.29, 1.82) is 0 Å². The Morgan fingerprint density at radius 2 is 1.90 bits per heavy atom. The zero-order chi connectivity index (χ0) is 14.5. The first-order valence-corrected chi connectivity index (χ1v) is 6.22. The van der Waals surface area contributed by atoms with E-state index in [0.29, 0.717) is 24.3 Å². The van der Waals surface area contributed by atoms with Crippen molar-refractivity contribution in [2.24, 2.45) is 0 Å². The van der Waals surface area contributed by atoms with Crippen LogP contribution in [-0.4, -0.2) is 6.54 Å². The van der Waals surface area contributed by atoms with E-state index in [1.807, 2.05) is 0 Å². The van der Waals surface area contributed by atoms with Gasteiger partial charge in [-0.2, -0.15) is 0 Å². The summed E-state index contributed by atoms with van der Waals surface area (Å²) in [6.07, 6.45) is -2.04. The first kappa shape index (κ1) is 14.2. The summed E-state index contributed by atoms with van der Waals surface area (Å²) < 4.78 is 38.7. The van der Waals surface area contributed by atoms with Crippen LogP contribution in [0.25, 0.3) is 0 Å². The molecule has 2 aromatic carbocycles. The lowest BCUT2D eigenvalue weighted by molar-refractivity contribution is 0.152. The Morgan fingerprint density at radius 3 is 2.60 bits per heavy atom. The van der Waals surface area contributed by atoms with Crippen LogP contribution in [0.2, 0.25) is 0 Å². The minimum atomic E-state index is -2.59. The average Bonchev–Trinajstić information content (AvgIpc) is 2.40. The standard InChI is InChI=1S/C15H15F3N2/c16-11-3-1-2-10(8-11)6-7-20-14-5-4-12(19)9-13(14)15(17)18/h1-5,8-9,15,20H,6-7,19H2. The third kappa shape index (κ3) is 3.66. The molecule has 0 saturated heterocycles. The topological polar surface area (TPSA) is 38.0 Å². The third-order valence-electron chi connectivity index (χ3n) is 2.93. The molecule has 0 radical (unpaired) electrons. The van der Waals surface area contributed by atoms with E-state index < -0.39 is 6.43 Å². The molecular formula is C15H15F3N2. The van der Waals surface area contributed by atoms with Crippen LogP contribution >= 0.6 is 0 Å². The van der Waals surface area contributed by atoms with E-state index in [1.54, 1.807) is 18.2 Å². The molecule has 0 aromatic heterocycles. The Morgan fingerprint density at radius 1 is 1.10 bits per heavy atom. The summed E-state index contributed by atoms with van der Waals surface area (Å²) in [4.78, 5) is 0. The molecule has 0 saturated carbocycles.